The molecule has 0 spiro atoms. The first-order valence-electron chi connectivity index (χ1n) is 9.80. The van der Waals surface area contributed by atoms with Gasteiger partial charge in [-0.1, -0.05) is 55.3 Å². The summed E-state index contributed by atoms with van der Waals surface area (Å²) < 4.78 is 2.04. The first-order valence-corrected chi connectivity index (χ1v) is 11.4. The van der Waals surface area contributed by atoms with Crippen molar-refractivity contribution in [3.8, 4) is 0 Å². The van der Waals surface area contributed by atoms with E-state index >= 15 is 0 Å². The lowest BCUT2D eigenvalue weighted by atomic mass is 9.83. The van der Waals surface area contributed by atoms with Gasteiger partial charge in [-0.2, -0.15) is 0 Å². The number of Topliss-reactive ketones (excluding diaryl/α,β-unsaturated/α-hetero) is 1. The van der Waals surface area contributed by atoms with Gasteiger partial charge in [-0.05, 0) is 30.5 Å². The molecule has 0 bridgehead atoms. The van der Waals surface area contributed by atoms with Crippen LogP contribution in [0.3, 0.4) is 0 Å². The largest absolute Gasteiger partial charge is 0.297 e. The van der Waals surface area contributed by atoms with E-state index in [1.165, 1.54) is 41.5 Å². The van der Waals surface area contributed by atoms with E-state index in [2.05, 4.69) is 9.97 Å². The Balaban J connectivity index is 1.70. The molecule has 5 nitrogen and oxygen atoms in total. The summed E-state index contributed by atoms with van der Waals surface area (Å²) in [7, 11) is 0. The second kappa shape index (κ2) is 8.94. The van der Waals surface area contributed by atoms with Gasteiger partial charge in [0.1, 0.15) is 9.34 Å². The van der Waals surface area contributed by atoms with Gasteiger partial charge >= 0.3 is 0 Å². The monoisotopic (exact) mass is 449 g/mol. The molecule has 29 heavy (non-hydrogen) atoms. The van der Waals surface area contributed by atoms with Crippen LogP contribution in [0.5, 0.6) is 0 Å². The maximum absolute atomic E-state index is 13.3. The van der Waals surface area contributed by atoms with Crippen molar-refractivity contribution >= 4 is 51.2 Å². The molecule has 1 aromatic carbocycles. The van der Waals surface area contributed by atoms with E-state index in [0.717, 1.165) is 12.8 Å². The second-order valence-electron chi connectivity index (χ2n) is 7.58. The van der Waals surface area contributed by atoms with Gasteiger partial charge in [0, 0.05) is 5.02 Å². The third-order valence-electron chi connectivity index (χ3n) is 5.58. The van der Waals surface area contributed by atoms with E-state index in [1.807, 2.05) is 0 Å². The van der Waals surface area contributed by atoms with Gasteiger partial charge in [0.2, 0.25) is 0 Å². The number of aromatic nitrogens is 3. The molecule has 3 aromatic rings. The van der Waals surface area contributed by atoms with Crippen LogP contribution >= 0.6 is 34.5 Å². The number of ketones is 1. The fourth-order valence-corrected chi connectivity index (χ4v) is 5.24. The predicted octanol–water partition coefficient (Wildman–Crippen LogP) is 5.48. The summed E-state index contributed by atoms with van der Waals surface area (Å²) in [6, 6.07) is 4.48. The molecule has 2 heterocycles. The Labute approximate surface area is 182 Å². The van der Waals surface area contributed by atoms with E-state index in [4.69, 9.17) is 23.2 Å². The molecule has 0 amide bonds. The summed E-state index contributed by atoms with van der Waals surface area (Å²) in [5, 5.41) is 1.57. The highest BCUT2D eigenvalue weighted by molar-refractivity contribution is 7.15. The maximum Gasteiger partial charge on any atom is 0.261 e. The van der Waals surface area contributed by atoms with Crippen LogP contribution in [0.2, 0.25) is 9.36 Å². The van der Waals surface area contributed by atoms with Crippen molar-refractivity contribution in [1.29, 1.82) is 0 Å². The van der Waals surface area contributed by atoms with Crippen LogP contribution in [0.15, 0.2) is 35.5 Å². The van der Waals surface area contributed by atoms with E-state index in [9.17, 15) is 9.59 Å². The number of halogens is 2. The van der Waals surface area contributed by atoms with Crippen LogP contribution in [0.25, 0.3) is 10.9 Å². The molecule has 1 atom stereocenters. The number of nitrogens with zero attached hydrogens (tertiary/aromatic N) is 3. The number of carbonyl (C=O) groups is 1. The third-order valence-corrected chi connectivity index (χ3v) is 6.93. The van der Waals surface area contributed by atoms with Gasteiger partial charge in [0.05, 0.1) is 35.9 Å². The normalized spacial score (nSPS) is 16.2. The average molecular weight is 450 g/mol. The number of rotatable bonds is 6. The van der Waals surface area contributed by atoms with Crippen molar-refractivity contribution < 1.29 is 4.79 Å². The molecule has 0 aliphatic heterocycles. The van der Waals surface area contributed by atoms with Crippen LogP contribution < -0.4 is 5.56 Å². The lowest BCUT2D eigenvalue weighted by molar-refractivity contribution is -0.122. The average Bonchev–Trinajstić information content (AvgIpc) is 3.12. The van der Waals surface area contributed by atoms with E-state index < -0.39 is 6.04 Å². The second-order valence-corrected chi connectivity index (χ2v) is 9.76. The Kier molecular flexibility index (Phi) is 6.32. The number of hydrogen-bond donors (Lipinski definition) is 0. The Morgan fingerprint density at radius 3 is 2.72 bits per heavy atom. The van der Waals surface area contributed by atoms with Crippen molar-refractivity contribution in [3.63, 3.8) is 0 Å². The van der Waals surface area contributed by atoms with Crippen LogP contribution in [0.1, 0.15) is 49.6 Å². The molecule has 1 fully saturated rings. The van der Waals surface area contributed by atoms with Crippen LogP contribution in [-0.2, 0) is 11.2 Å². The van der Waals surface area contributed by atoms with Crippen molar-refractivity contribution in [3.05, 3.63) is 55.4 Å². The van der Waals surface area contributed by atoms with E-state index in [1.54, 1.807) is 24.4 Å². The molecule has 0 N–H and O–H groups in total. The van der Waals surface area contributed by atoms with Gasteiger partial charge in [-0.3, -0.25) is 14.2 Å². The minimum absolute atomic E-state index is 0.0353. The number of fused-ring (bicyclic) bond motifs is 1. The highest BCUT2D eigenvalue weighted by Crippen LogP contribution is 2.32. The molecule has 0 radical (unpaired) electrons. The van der Waals surface area contributed by atoms with Gasteiger partial charge in [-0.15, -0.1) is 11.3 Å². The highest BCUT2D eigenvalue weighted by atomic mass is 35.5. The van der Waals surface area contributed by atoms with Crippen LogP contribution in [-0.4, -0.2) is 20.3 Å². The van der Waals surface area contributed by atoms with Gasteiger partial charge in [-0.25, -0.2) is 9.97 Å². The number of hydrogen-bond acceptors (Lipinski definition) is 5. The number of thiazole rings is 1. The molecular weight excluding hydrogens is 429 g/mol. The molecular formula is C21H21Cl2N3O2S. The van der Waals surface area contributed by atoms with Crippen molar-refractivity contribution in [2.75, 3.05) is 0 Å². The molecule has 0 saturated heterocycles. The Bertz CT molecular complexity index is 1090. The van der Waals surface area contributed by atoms with Crippen molar-refractivity contribution in [2.24, 2.45) is 5.92 Å². The summed E-state index contributed by atoms with van der Waals surface area (Å²) in [5.41, 5.74) is 0.343. The van der Waals surface area contributed by atoms with Crippen LogP contribution in [0.4, 0.5) is 0 Å². The first-order chi connectivity index (χ1) is 14.0. The summed E-state index contributed by atoms with van der Waals surface area (Å²) >= 11 is 13.4. The fourth-order valence-electron chi connectivity index (χ4n) is 4.11. The summed E-state index contributed by atoms with van der Waals surface area (Å²) in [6.07, 6.45) is 9.63. The molecule has 8 heteroatoms. The summed E-state index contributed by atoms with van der Waals surface area (Å²) in [5.74, 6) is 0.395. The molecule has 152 valence electrons. The Morgan fingerprint density at radius 2 is 2.00 bits per heavy atom. The quantitative estimate of drug-likeness (QED) is 0.499. The number of benzene rings is 1. The van der Waals surface area contributed by atoms with Gasteiger partial charge in [0.15, 0.2) is 5.78 Å². The Hall–Kier alpha value is -1.76. The fraction of sp³-hybridized carbons (Fsp3) is 0.429. The van der Waals surface area contributed by atoms with Gasteiger partial charge < -0.3 is 0 Å². The topological polar surface area (TPSA) is 64.8 Å². The minimum atomic E-state index is -0.566. The zero-order valence-electron chi connectivity index (χ0n) is 15.8. The standard InChI is InChI=1S/C21H21Cl2N3O2S/c22-14-6-7-16-15(9-14)21(28)26(12-25-16)17(8-13-4-2-1-3-5-13)18(27)10-20-24-11-19(23)29-20/h6-7,9,11-13,17H,1-5,8,10H2. The number of carbonyl (C=O) groups excluding carboxylic acids is 1. The Morgan fingerprint density at radius 1 is 1.21 bits per heavy atom. The maximum atomic E-state index is 13.3. The molecule has 4 rings (SSSR count). The highest BCUT2D eigenvalue weighted by Gasteiger charge is 2.28. The predicted molar refractivity (Wildman–Crippen MR) is 117 cm³/mol. The lowest BCUT2D eigenvalue weighted by Crippen LogP contribution is -2.33. The zero-order valence-corrected chi connectivity index (χ0v) is 18.1. The van der Waals surface area contributed by atoms with E-state index in [0.29, 0.717) is 37.6 Å². The minimum Gasteiger partial charge on any atom is -0.297 e. The SMILES string of the molecule is O=C(Cc1ncc(Cl)s1)C(CC1CCCCC1)n1cnc2ccc(Cl)cc2c1=O. The van der Waals surface area contributed by atoms with Gasteiger partial charge in [0.25, 0.3) is 5.56 Å². The lowest BCUT2D eigenvalue weighted by Gasteiger charge is -2.27. The molecule has 1 saturated carbocycles. The molecule has 1 aliphatic carbocycles. The van der Waals surface area contributed by atoms with Crippen molar-refractivity contribution in [2.45, 2.75) is 51.0 Å². The summed E-state index contributed by atoms with van der Waals surface area (Å²) in [4.78, 5) is 35.1. The zero-order chi connectivity index (χ0) is 20.4. The van der Waals surface area contributed by atoms with Crippen LogP contribution in [0, 0.1) is 5.92 Å². The summed E-state index contributed by atoms with van der Waals surface area (Å²) in [6.45, 7) is 0. The molecule has 1 unspecified atom stereocenters. The third kappa shape index (κ3) is 4.71. The van der Waals surface area contributed by atoms with E-state index in [-0.39, 0.29) is 17.8 Å². The molecule has 2 aromatic heterocycles. The molecule has 1 aliphatic rings. The first kappa shape index (κ1) is 20.5. The van der Waals surface area contributed by atoms with Crippen molar-refractivity contribution in [1.82, 2.24) is 14.5 Å². The smallest absolute Gasteiger partial charge is 0.261 e.